The van der Waals surface area contributed by atoms with Gasteiger partial charge in [-0.3, -0.25) is 4.79 Å². The Morgan fingerprint density at radius 3 is 2.86 bits per heavy atom. The summed E-state index contributed by atoms with van der Waals surface area (Å²) in [5.41, 5.74) is 1.53. The number of nitrogens with zero attached hydrogens (tertiary/aromatic N) is 5. The van der Waals surface area contributed by atoms with Gasteiger partial charge in [-0.05, 0) is 31.4 Å². The number of aromatic nitrogens is 4. The largest absolute Gasteiger partial charge is 0.471 e. The molecule has 1 aliphatic rings. The van der Waals surface area contributed by atoms with Crippen molar-refractivity contribution in [3.8, 4) is 5.88 Å². The molecular weight excluding hydrogens is 290 g/mol. The Bertz CT molecular complexity index is 642. The van der Waals surface area contributed by atoms with Crippen molar-refractivity contribution in [1.29, 1.82) is 0 Å². The van der Waals surface area contributed by atoms with Crippen LogP contribution in [-0.4, -0.2) is 49.8 Å². The van der Waals surface area contributed by atoms with E-state index in [0.717, 1.165) is 23.6 Å². The van der Waals surface area contributed by atoms with Crippen LogP contribution in [0.15, 0.2) is 12.1 Å². The Balaban J connectivity index is 1.62. The summed E-state index contributed by atoms with van der Waals surface area (Å²) in [6.45, 7) is 4.88. The molecule has 2 aromatic rings. The standard InChI is InChI=1S/C13H15N5O2S/c1-8-3-4-11(16-14-8)20-10-5-6-18(7-10)13(19)12-9(2)15-17-21-12/h3-4,10H,5-7H2,1-2H3. The fourth-order valence-corrected chi connectivity index (χ4v) is 2.83. The molecule has 1 atom stereocenters. The summed E-state index contributed by atoms with van der Waals surface area (Å²) in [4.78, 5) is 14.7. The van der Waals surface area contributed by atoms with Gasteiger partial charge in [-0.1, -0.05) is 4.49 Å². The molecule has 3 heterocycles. The smallest absolute Gasteiger partial charge is 0.267 e. The Labute approximate surface area is 126 Å². The van der Waals surface area contributed by atoms with Gasteiger partial charge < -0.3 is 9.64 Å². The van der Waals surface area contributed by atoms with Crippen molar-refractivity contribution in [2.45, 2.75) is 26.4 Å². The van der Waals surface area contributed by atoms with Crippen molar-refractivity contribution < 1.29 is 9.53 Å². The van der Waals surface area contributed by atoms with Gasteiger partial charge in [0.2, 0.25) is 5.88 Å². The molecule has 0 radical (unpaired) electrons. The number of ether oxygens (including phenoxy) is 1. The van der Waals surface area contributed by atoms with E-state index in [2.05, 4.69) is 19.8 Å². The van der Waals surface area contributed by atoms with E-state index in [1.165, 1.54) is 0 Å². The second-order valence-corrected chi connectivity index (χ2v) is 5.73. The Kier molecular flexibility index (Phi) is 3.78. The van der Waals surface area contributed by atoms with Crippen LogP contribution in [0.25, 0.3) is 0 Å². The second kappa shape index (κ2) is 5.72. The second-order valence-electron chi connectivity index (χ2n) is 4.98. The third-order valence-electron chi connectivity index (χ3n) is 3.34. The number of hydrogen-bond donors (Lipinski definition) is 0. The van der Waals surface area contributed by atoms with E-state index in [0.29, 0.717) is 29.5 Å². The lowest BCUT2D eigenvalue weighted by molar-refractivity contribution is 0.0774. The lowest BCUT2D eigenvalue weighted by atomic mass is 10.3. The lowest BCUT2D eigenvalue weighted by Gasteiger charge is -2.16. The third-order valence-corrected chi connectivity index (χ3v) is 4.15. The Morgan fingerprint density at radius 1 is 1.33 bits per heavy atom. The molecule has 1 fully saturated rings. The third kappa shape index (κ3) is 2.99. The molecule has 7 nitrogen and oxygen atoms in total. The molecule has 3 rings (SSSR count). The van der Waals surface area contributed by atoms with Crippen LogP contribution < -0.4 is 4.74 Å². The van der Waals surface area contributed by atoms with Gasteiger partial charge in [0.25, 0.3) is 5.91 Å². The summed E-state index contributed by atoms with van der Waals surface area (Å²) >= 11 is 1.14. The van der Waals surface area contributed by atoms with Gasteiger partial charge in [0, 0.05) is 19.0 Å². The van der Waals surface area contributed by atoms with E-state index in [4.69, 9.17) is 4.74 Å². The molecule has 8 heteroatoms. The zero-order valence-electron chi connectivity index (χ0n) is 11.8. The summed E-state index contributed by atoms with van der Waals surface area (Å²) in [7, 11) is 0. The van der Waals surface area contributed by atoms with Crippen molar-refractivity contribution in [1.82, 2.24) is 24.7 Å². The highest BCUT2D eigenvalue weighted by atomic mass is 32.1. The van der Waals surface area contributed by atoms with E-state index >= 15 is 0 Å². The Morgan fingerprint density at radius 2 is 2.19 bits per heavy atom. The van der Waals surface area contributed by atoms with Gasteiger partial charge >= 0.3 is 0 Å². The molecule has 0 aromatic carbocycles. The average molecular weight is 305 g/mol. The fourth-order valence-electron chi connectivity index (χ4n) is 2.20. The van der Waals surface area contributed by atoms with Gasteiger partial charge in [-0.15, -0.1) is 10.2 Å². The lowest BCUT2D eigenvalue weighted by Crippen LogP contribution is -2.31. The van der Waals surface area contributed by atoms with Gasteiger partial charge in [0.05, 0.1) is 17.9 Å². The van der Waals surface area contributed by atoms with Crippen LogP contribution in [0.1, 0.15) is 27.5 Å². The van der Waals surface area contributed by atoms with Crippen molar-refractivity contribution >= 4 is 17.4 Å². The van der Waals surface area contributed by atoms with Crippen LogP contribution in [0, 0.1) is 13.8 Å². The number of amides is 1. The van der Waals surface area contributed by atoms with E-state index in [1.54, 1.807) is 17.9 Å². The molecular formula is C13H15N5O2S. The number of aryl methyl sites for hydroxylation is 2. The Hall–Kier alpha value is -2.09. The van der Waals surface area contributed by atoms with Crippen LogP contribution in [-0.2, 0) is 0 Å². The SMILES string of the molecule is Cc1ccc(OC2CCN(C(=O)c3snnc3C)C2)nn1. The molecule has 0 aliphatic carbocycles. The van der Waals surface area contributed by atoms with Crippen LogP contribution in [0.4, 0.5) is 0 Å². The highest BCUT2D eigenvalue weighted by molar-refractivity contribution is 7.07. The molecule has 110 valence electrons. The zero-order chi connectivity index (χ0) is 14.8. The van der Waals surface area contributed by atoms with Gasteiger partial charge in [-0.2, -0.15) is 5.10 Å². The minimum Gasteiger partial charge on any atom is -0.471 e. The van der Waals surface area contributed by atoms with Gasteiger partial charge in [0.1, 0.15) is 11.0 Å². The van der Waals surface area contributed by atoms with Crippen molar-refractivity contribution in [3.63, 3.8) is 0 Å². The molecule has 0 bridgehead atoms. The predicted molar refractivity (Wildman–Crippen MR) is 76.4 cm³/mol. The van der Waals surface area contributed by atoms with E-state index in [9.17, 15) is 4.79 Å². The number of rotatable bonds is 3. The van der Waals surface area contributed by atoms with Crippen LogP contribution in [0.2, 0.25) is 0 Å². The minimum atomic E-state index is -0.0489. The predicted octanol–water partition coefficient (Wildman–Crippen LogP) is 1.24. The first-order valence-corrected chi connectivity index (χ1v) is 7.46. The summed E-state index contributed by atoms with van der Waals surface area (Å²) < 4.78 is 9.57. The highest BCUT2D eigenvalue weighted by Crippen LogP contribution is 2.20. The topological polar surface area (TPSA) is 81.1 Å². The van der Waals surface area contributed by atoms with Crippen LogP contribution >= 0.6 is 11.5 Å². The first-order valence-electron chi connectivity index (χ1n) is 6.68. The zero-order valence-corrected chi connectivity index (χ0v) is 12.6. The summed E-state index contributed by atoms with van der Waals surface area (Å²) in [5, 5.41) is 11.8. The van der Waals surface area contributed by atoms with E-state index in [1.807, 2.05) is 13.0 Å². The van der Waals surface area contributed by atoms with E-state index < -0.39 is 0 Å². The van der Waals surface area contributed by atoms with Gasteiger partial charge in [-0.25, -0.2) is 0 Å². The number of carbonyl (C=O) groups excluding carboxylic acids is 1. The summed E-state index contributed by atoms with van der Waals surface area (Å²) in [6, 6.07) is 3.65. The molecule has 2 aromatic heterocycles. The maximum absolute atomic E-state index is 12.3. The molecule has 1 saturated heterocycles. The molecule has 0 saturated carbocycles. The van der Waals surface area contributed by atoms with Crippen molar-refractivity contribution in [3.05, 3.63) is 28.4 Å². The van der Waals surface area contributed by atoms with Crippen LogP contribution in [0.3, 0.4) is 0 Å². The normalized spacial score (nSPS) is 18.0. The number of hydrogen-bond acceptors (Lipinski definition) is 7. The number of likely N-dealkylation sites (tertiary alicyclic amines) is 1. The van der Waals surface area contributed by atoms with E-state index in [-0.39, 0.29) is 12.0 Å². The van der Waals surface area contributed by atoms with Crippen LogP contribution in [0.5, 0.6) is 5.88 Å². The maximum Gasteiger partial charge on any atom is 0.267 e. The minimum absolute atomic E-state index is 0.0245. The molecule has 1 unspecified atom stereocenters. The summed E-state index contributed by atoms with van der Waals surface area (Å²) in [5.74, 6) is 0.471. The average Bonchev–Trinajstić information content (AvgIpc) is 3.10. The molecule has 21 heavy (non-hydrogen) atoms. The monoisotopic (exact) mass is 305 g/mol. The highest BCUT2D eigenvalue weighted by Gasteiger charge is 2.30. The molecule has 0 spiro atoms. The summed E-state index contributed by atoms with van der Waals surface area (Å²) in [6.07, 6.45) is 0.735. The molecule has 1 aliphatic heterocycles. The fraction of sp³-hybridized carbons (Fsp3) is 0.462. The van der Waals surface area contributed by atoms with Gasteiger partial charge in [0.15, 0.2) is 0 Å². The first-order chi connectivity index (χ1) is 10.1. The molecule has 0 N–H and O–H groups in total. The quantitative estimate of drug-likeness (QED) is 0.848. The van der Waals surface area contributed by atoms with Crippen molar-refractivity contribution in [2.75, 3.05) is 13.1 Å². The molecule has 1 amide bonds. The van der Waals surface area contributed by atoms with Crippen molar-refractivity contribution in [2.24, 2.45) is 0 Å². The number of carbonyl (C=O) groups is 1. The first kappa shape index (κ1) is 13.9. The maximum atomic E-state index is 12.3.